The number of nitrogens with one attached hydrogen (secondary N) is 2. The van der Waals surface area contributed by atoms with E-state index in [4.69, 9.17) is 4.74 Å². The highest BCUT2D eigenvalue weighted by atomic mass is 32.2. The van der Waals surface area contributed by atoms with Gasteiger partial charge in [0.1, 0.15) is 17.7 Å². The van der Waals surface area contributed by atoms with Gasteiger partial charge in [0, 0.05) is 5.69 Å². The van der Waals surface area contributed by atoms with Crippen LogP contribution < -0.4 is 19.7 Å². The van der Waals surface area contributed by atoms with Crippen LogP contribution >= 0.6 is 0 Å². The van der Waals surface area contributed by atoms with Gasteiger partial charge >= 0.3 is 12.3 Å². The fourth-order valence-electron chi connectivity index (χ4n) is 3.49. The van der Waals surface area contributed by atoms with Crippen molar-refractivity contribution in [3.63, 3.8) is 0 Å². The predicted molar refractivity (Wildman–Crippen MR) is 138 cm³/mol. The normalized spacial score (nSPS) is 16.6. The molecule has 40 heavy (non-hydrogen) atoms. The van der Waals surface area contributed by atoms with E-state index in [9.17, 15) is 35.6 Å². The van der Waals surface area contributed by atoms with Crippen molar-refractivity contribution < 1.29 is 45.0 Å². The number of likely N-dealkylation sites (N-methyl/N-ethyl adjacent to an activating group) is 1. The highest BCUT2D eigenvalue weighted by molar-refractivity contribution is 7.92. The van der Waals surface area contributed by atoms with Crippen molar-refractivity contribution >= 4 is 33.4 Å². The number of anilines is 2. The van der Waals surface area contributed by atoms with Crippen molar-refractivity contribution in [2.24, 2.45) is 0 Å². The van der Waals surface area contributed by atoms with E-state index in [-0.39, 0.29) is 41.0 Å². The Kier molecular flexibility index (Phi) is 8.89. The van der Waals surface area contributed by atoms with Gasteiger partial charge in [-0.3, -0.25) is 19.3 Å². The van der Waals surface area contributed by atoms with Crippen LogP contribution in [0.15, 0.2) is 47.4 Å². The zero-order valence-corrected chi connectivity index (χ0v) is 23.2. The summed E-state index contributed by atoms with van der Waals surface area (Å²) in [6.07, 6.45) is -7.08. The first-order chi connectivity index (χ1) is 18.4. The summed E-state index contributed by atoms with van der Waals surface area (Å²) in [7, 11) is -0.869. The number of carbonyl (C=O) groups excluding carboxylic acids is 2. The first kappa shape index (κ1) is 30.9. The molecule has 2 amide bonds. The molecule has 2 aromatic carbocycles. The molecule has 0 aromatic heterocycles. The number of nitrogens with zero attached hydrogens (tertiary/aromatic N) is 2. The minimum atomic E-state index is -4.83. The van der Waals surface area contributed by atoms with Gasteiger partial charge < -0.3 is 14.8 Å². The lowest BCUT2D eigenvalue weighted by molar-refractivity contribution is -0.242. The van der Waals surface area contributed by atoms with Crippen LogP contribution in [0, 0.1) is 5.82 Å². The Morgan fingerprint density at radius 1 is 1.15 bits per heavy atom. The van der Waals surface area contributed by atoms with Gasteiger partial charge in [0.15, 0.2) is 0 Å². The molecule has 1 aliphatic rings. The number of halogens is 4. The zero-order chi connectivity index (χ0) is 30.0. The third-order valence-electron chi connectivity index (χ3n) is 6.23. The second-order valence-electron chi connectivity index (χ2n) is 9.82. The minimum absolute atomic E-state index is 0.0403. The summed E-state index contributed by atoms with van der Waals surface area (Å²) >= 11 is 0. The molecule has 2 atom stereocenters. The Morgan fingerprint density at radius 3 is 2.35 bits per heavy atom. The summed E-state index contributed by atoms with van der Waals surface area (Å²) in [4.78, 5) is 26.1. The van der Waals surface area contributed by atoms with Gasteiger partial charge in [-0.2, -0.15) is 13.2 Å². The van der Waals surface area contributed by atoms with Gasteiger partial charge in [-0.05, 0) is 77.3 Å². The number of carbonyl (C=O) groups is 2. The highest BCUT2D eigenvalue weighted by Crippen LogP contribution is 2.39. The van der Waals surface area contributed by atoms with E-state index in [1.165, 1.54) is 18.2 Å². The van der Waals surface area contributed by atoms with Gasteiger partial charge in [0.2, 0.25) is 11.5 Å². The number of ether oxygens (including phenoxy) is 2. The molecule has 1 heterocycles. The zero-order valence-electron chi connectivity index (χ0n) is 22.4. The number of amides is 2. The van der Waals surface area contributed by atoms with Gasteiger partial charge in [-0.1, -0.05) is 0 Å². The van der Waals surface area contributed by atoms with Crippen LogP contribution in [0.25, 0.3) is 0 Å². The van der Waals surface area contributed by atoms with E-state index in [0.29, 0.717) is 13.8 Å². The molecule has 2 N–H and O–H groups in total. The van der Waals surface area contributed by atoms with Crippen LogP contribution in [0.5, 0.6) is 5.75 Å². The summed E-state index contributed by atoms with van der Waals surface area (Å²) in [6, 6.07) is 7.45. The molecule has 220 valence electrons. The molecule has 10 nitrogen and oxygen atoms in total. The van der Waals surface area contributed by atoms with Gasteiger partial charge in [0.05, 0.1) is 29.7 Å². The summed E-state index contributed by atoms with van der Waals surface area (Å²) in [5, 5.41) is 4.88. The molecule has 0 fully saturated rings. The van der Waals surface area contributed by atoms with Crippen LogP contribution in [0.3, 0.4) is 0 Å². The van der Waals surface area contributed by atoms with Crippen molar-refractivity contribution in [3.05, 3.63) is 48.3 Å². The topological polar surface area (TPSA) is 117 Å². The van der Waals surface area contributed by atoms with E-state index >= 15 is 0 Å². The van der Waals surface area contributed by atoms with Crippen molar-refractivity contribution in [3.8, 4) is 5.75 Å². The SMILES string of the molecule is CC(C(=O)NC[C@H]1CN(S(=O)(=O)c2ccc(F)cc2)c2cc(NC(=O)OC(C)(C)C(F)(F)F)ccc2O1)N(C)C. The average molecular weight is 591 g/mol. The summed E-state index contributed by atoms with van der Waals surface area (Å²) < 4.78 is 91.4. The number of alkyl halides is 3. The number of hydrogen-bond donors (Lipinski definition) is 2. The maximum absolute atomic E-state index is 13.6. The van der Waals surface area contributed by atoms with Gasteiger partial charge in [-0.15, -0.1) is 0 Å². The van der Waals surface area contributed by atoms with E-state index in [1.54, 1.807) is 25.9 Å². The highest BCUT2D eigenvalue weighted by Gasteiger charge is 2.51. The molecule has 0 saturated carbocycles. The fraction of sp³-hybridized carbons (Fsp3) is 0.440. The second-order valence-corrected chi connectivity index (χ2v) is 11.7. The molecule has 0 bridgehead atoms. The molecule has 2 aromatic rings. The maximum atomic E-state index is 13.6. The molecular formula is C25H30F4N4O6S. The molecule has 0 saturated heterocycles. The van der Waals surface area contributed by atoms with Crippen molar-refractivity contribution in [2.45, 2.75) is 49.6 Å². The smallest absolute Gasteiger partial charge is 0.427 e. The molecular weight excluding hydrogens is 560 g/mol. The quantitative estimate of drug-likeness (QED) is 0.450. The monoisotopic (exact) mass is 590 g/mol. The van der Waals surface area contributed by atoms with Gasteiger partial charge in [-0.25, -0.2) is 17.6 Å². The largest absolute Gasteiger partial charge is 0.484 e. The van der Waals surface area contributed by atoms with Crippen LogP contribution in [0.4, 0.5) is 33.7 Å². The number of sulfonamides is 1. The van der Waals surface area contributed by atoms with E-state index in [1.807, 2.05) is 0 Å². The molecule has 15 heteroatoms. The summed E-state index contributed by atoms with van der Waals surface area (Å²) in [6.45, 7) is 2.72. The van der Waals surface area contributed by atoms with Crippen LogP contribution in [-0.4, -0.2) is 76.4 Å². The van der Waals surface area contributed by atoms with Crippen molar-refractivity contribution in [1.82, 2.24) is 10.2 Å². The molecule has 3 rings (SSSR count). The lowest BCUT2D eigenvalue weighted by Crippen LogP contribution is -2.50. The van der Waals surface area contributed by atoms with Gasteiger partial charge in [0.25, 0.3) is 10.0 Å². The molecule has 0 radical (unpaired) electrons. The minimum Gasteiger partial charge on any atom is -0.484 e. The Morgan fingerprint density at radius 2 is 1.77 bits per heavy atom. The van der Waals surface area contributed by atoms with Crippen molar-refractivity contribution in [1.29, 1.82) is 0 Å². The standard InChI is InChI=1S/C25H30F4N4O6S/c1-15(32(4)5)22(34)30-13-18-14-33(40(36,37)19-9-6-16(26)7-10-19)20-12-17(8-11-21(20)38-18)31-23(35)39-24(2,3)25(27,28)29/h6-12,15,18H,13-14H2,1-5H3,(H,30,34)(H,31,35)/t15?,18-/m0/s1. The second kappa shape index (κ2) is 11.5. The van der Waals surface area contributed by atoms with E-state index in [0.717, 1.165) is 28.6 Å². The maximum Gasteiger partial charge on any atom is 0.427 e. The van der Waals surface area contributed by atoms with Crippen LogP contribution in [-0.2, 0) is 19.6 Å². The summed E-state index contributed by atoms with van der Waals surface area (Å²) in [5.41, 5.74) is -2.90. The Bertz CT molecular complexity index is 1350. The summed E-state index contributed by atoms with van der Waals surface area (Å²) in [5.74, 6) is -0.901. The Labute approximate surface area is 229 Å². The molecule has 1 aliphatic heterocycles. The van der Waals surface area contributed by atoms with Crippen molar-refractivity contribution in [2.75, 3.05) is 36.8 Å². The lowest BCUT2D eigenvalue weighted by atomic mass is 10.1. The first-order valence-electron chi connectivity index (χ1n) is 12.0. The number of fused-ring (bicyclic) bond motifs is 1. The van der Waals surface area contributed by atoms with Crippen LogP contribution in [0.1, 0.15) is 20.8 Å². The number of hydrogen-bond acceptors (Lipinski definition) is 7. The average Bonchev–Trinajstić information content (AvgIpc) is 2.85. The predicted octanol–water partition coefficient (Wildman–Crippen LogP) is 3.74. The first-order valence-corrected chi connectivity index (χ1v) is 13.5. The molecule has 0 spiro atoms. The fourth-order valence-corrected chi connectivity index (χ4v) is 4.99. The van der Waals surface area contributed by atoms with E-state index < -0.39 is 45.9 Å². The third kappa shape index (κ3) is 6.94. The Hall–Kier alpha value is -3.59. The number of rotatable bonds is 8. The molecule has 1 unspecified atom stereocenters. The van der Waals surface area contributed by atoms with Crippen LogP contribution in [0.2, 0.25) is 0 Å². The third-order valence-corrected chi connectivity index (χ3v) is 8.02. The lowest BCUT2D eigenvalue weighted by Gasteiger charge is -2.36. The number of benzene rings is 2. The molecule has 0 aliphatic carbocycles. The Balaban J connectivity index is 1.92. The van der Waals surface area contributed by atoms with E-state index in [2.05, 4.69) is 15.4 Å².